The maximum absolute atomic E-state index is 5.94. The topological polar surface area (TPSA) is 9.23 Å². The van der Waals surface area contributed by atoms with Crippen molar-refractivity contribution >= 4 is 23.2 Å². The minimum Gasteiger partial charge on any atom is -0.497 e. The number of rotatable bonds is 2. The molecule has 3 heteroatoms. The normalized spacial score (nSPS) is 9.07. The Morgan fingerprint density at radius 2 is 2.21 bits per heavy atom. The van der Waals surface area contributed by atoms with E-state index in [1.807, 2.05) is 6.07 Å². The molecular weight excluding hydrogens is 219 g/mol. The first-order valence-corrected chi connectivity index (χ1v) is 5.07. The van der Waals surface area contributed by atoms with Gasteiger partial charge in [0.05, 0.1) is 12.1 Å². The molecule has 0 heterocycles. The van der Waals surface area contributed by atoms with E-state index in [9.17, 15) is 0 Å². The quantitative estimate of drug-likeness (QED) is 0.558. The largest absolute Gasteiger partial charge is 0.497 e. The molecule has 0 spiro atoms. The molecule has 0 radical (unpaired) electrons. The number of ether oxygens (including phenoxy) is 1. The van der Waals surface area contributed by atoms with Gasteiger partial charge in [-0.2, -0.15) is 0 Å². The van der Waals surface area contributed by atoms with Gasteiger partial charge in [0, 0.05) is 17.9 Å². The van der Waals surface area contributed by atoms with Gasteiger partial charge in [-0.3, -0.25) is 0 Å². The van der Waals surface area contributed by atoms with Gasteiger partial charge in [0.25, 0.3) is 0 Å². The molecule has 74 valence electrons. The number of halogens is 2. The molecule has 0 amide bonds. The zero-order valence-electron chi connectivity index (χ0n) is 7.81. The molecule has 0 bridgehead atoms. The summed E-state index contributed by atoms with van der Waals surface area (Å²) >= 11 is 11.4. The van der Waals surface area contributed by atoms with E-state index in [1.54, 1.807) is 19.2 Å². The maximum Gasteiger partial charge on any atom is 0.120 e. The van der Waals surface area contributed by atoms with Crippen LogP contribution in [0.25, 0.3) is 0 Å². The summed E-state index contributed by atoms with van der Waals surface area (Å²) in [7, 11) is 1.61. The Balaban J connectivity index is 2.91. The minimum absolute atomic E-state index is 0.536. The summed E-state index contributed by atoms with van der Waals surface area (Å²) < 4.78 is 5.06. The molecule has 1 aromatic rings. The van der Waals surface area contributed by atoms with Crippen LogP contribution in [-0.2, 0) is 0 Å². The van der Waals surface area contributed by atoms with Gasteiger partial charge in [-0.05, 0) is 18.2 Å². The molecule has 14 heavy (non-hydrogen) atoms. The standard InChI is InChI=1S/C11H10Cl2O/c1-14-10-5-6-11(13)9(8-10)4-2-3-7-12/h5-6,8H,3,7H2,1H3. The molecule has 0 atom stereocenters. The zero-order chi connectivity index (χ0) is 10.4. The number of hydrogen-bond donors (Lipinski definition) is 0. The summed E-state index contributed by atoms with van der Waals surface area (Å²) in [6, 6.07) is 5.38. The minimum atomic E-state index is 0.536. The number of methoxy groups -OCH3 is 1. The molecule has 1 rings (SSSR count). The maximum atomic E-state index is 5.94. The van der Waals surface area contributed by atoms with Crippen LogP contribution in [0.15, 0.2) is 18.2 Å². The van der Waals surface area contributed by atoms with Crippen molar-refractivity contribution < 1.29 is 4.74 Å². The second kappa shape index (κ2) is 5.80. The summed E-state index contributed by atoms with van der Waals surface area (Å²) in [6.45, 7) is 0. The van der Waals surface area contributed by atoms with Crippen molar-refractivity contribution in [2.75, 3.05) is 13.0 Å². The van der Waals surface area contributed by atoms with E-state index >= 15 is 0 Å². The predicted molar refractivity (Wildman–Crippen MR) is 60.2 cm³/mol. The number of benzene rings is 1. The molecule has 0 saturated heterocycles. The fourth-order valence-electron chi connectivity index (χ4n) is 0.932. The number of hydrogen-bond acceptors (Lipinski definition) is 1. The summed E-state index contributed by atoms with van der Waals surface area (Å²) in [5.41, 5.74) is 0.774. The van der Waals surface area contributed by atoms with Gasteiger partial charge in [-0.15, -0.1) is 11.6 Å². The lowest BCUT2D eigenvalue weighted by Crippen LogP contribution is -1.84. The Morgan fingerprint density at radius 3 is 2.86 bits per heavy atom. The fraction of sp³-hybridized carbons (Fsp3) is 0.273. The Kier molecular flexibility index (Phi) is 4.65. The third kappa shape index (κ3) is 3.14. The monoisotopic (exact) mass is 228 g/mol. The second-order valence-electron chi connectivity index (χ2n) is 2.59. The van der Waals surface area contributed by atoms with Crippen LogP contribution in [0.3, 0.4) is 0 Å². The highest BCUT2D eigenvalue weighted by atomic mass is 35.5. The van der Waals surface area contributed by atoms with Gasteiger partial charge in [0.2, 0.25) is 0 Å². The van der Waals surface area contributed by atoms with Crippen LogP contribution in [0, 0.1) is 11.8 Å². The molecule has 1 aromatic carbocycles. The smallest absolute Gasteiger partial charge is 0.120 e. The van der Waals surface area contributed by atoms with Crippen LogP contribution < -0.4 is 4.74 Å². The van der Waals surface area contributed by atoms with Crippen LogP contribution in [0.5, 0.6) is 5.75 Å². The third-order valence-corrected chi connectivity index (χ3v) is 2.13. The van der Waals surface area contributed by atoms with Crippen LogP contribution in [0.2, 0.25) is 5.02 Å². The highest BCUT2D eigenvalue weighted by Gasteiger charge is 1.98. The van der Waals surface area contributed by atoms with E-state index in [4.69, 9.17) is 27.9 Å². The Labute approximate surface area is 94.0 Å². The van der Waals surface area contributed by atoms with Crippen LogP contribution in [0.1, 0.15) is 12.0 Å². The van der Waals surface area contributed by atoms with Gasteiger partial charge < -0.3 is 4.74 Å². The van der Waals surface area contributed by atoms with Gasteiger partial charge in [-0.25, -0.2) is 0 Å². The lowest BCUT2D eigenvalue weighted by Gasteiger charge is -2.00. The van der Waals surface area contributed by atoms with Crippen molar-refractivity contribution in [3.63, 3.8) is 0 Å². The van der Waals surface area contributed by atoms with E-state index < -0.39 is 0 Å². The second-order valence-corrected chi connectivity index (χ2v) is 3.37. The SMILES string of the molecule is COc1ccc(Cl)c(C#CCCCl)c1. The van der Waals surface area contributed by atoms with Crippen molar-refractivity contribution in [3.05, 3.63) is 28.8 Å². The molecule has 1 nitrogen and oxygen atoms in total. The van der Waals surface area contributed by atoms with Gasteiger partial charge in [0.1, 0.15) is 5.75 Å². The summed E-state index contributed by atoms with van der Waals surface area (Å²) in [6.07, 6.45) is 0.662. The van der Waals surface area contributed by atoms with Crippen LogP contribution >= 0.6 is 23.2 Å². The highest BCUT2D eigenvalue weighted by molar-refractivity contribution is 6.31. The molecule has 0 aromatic heterocycles. The van der Waals surface area contributed by atoms with E-state index in [2.05, 4.69) is 11.8 Å². The van der Waals surface area contributed by atoms with E-state index in [-0.39, 0.29) is 0 Å². The van der Waals surface area contributed by atoms with E-state index in [0.29, 0.717) is 17.3 Å². The Morgan fingerprint density at radius 1 is 1.43 bits per heavy atom. The lowest BCUT2D eigenvalue weighted by molar-refractivity contribution is 0.414. The van der Waals surface area contributed by atoms with Crippen LogP contribution in [0.4, 0.5) is 0 Å². The van der Waals surface area contributed by atoms with Gasteiger partial charge >= 0.3 is 0 Å². The average Bonchev–Trinajstić information content (AvgIpc) is 2.21. The molecular formula is C11H10Cl2O. The lowest BCUT2D eigenvalue weighted by atomic mass is 10.2. The molecule has 0 aliphatic carbocycles. The molecule has 0 aliphatic heterocycles. The van der Waals surface area contributed by atoms with Gasteiger partial charge in [0.15, 0.2) is 0 Å². The summed E-state index contributed by atoms with van der Waals surface area (Å²) in [4.78, 5) is 0. The van der Waals surface area contributed by atoms with Crippen molar-refractivity contribution in [2.24, 2.45) is 0 Å². The molecule has 0 aliphatic rings. The molecule has 0 N–H and O–H groups in total. The Bertz CT molecular complexity index is 363. The van der Waals surface area contributed by atoms with Gasteiger partial charge in [-0.1, -0.05) is 23.4 Å². The summed E-state index contributed by atoms with van der Waals surface area (Å²) in [5.74, 6) is 7.15. The first-order chi connectivity index (χ1) is 6.77. The average molecular weight is 229 g/mol. The van der Waals surface area contributed by atoms with Crippen LogP contribution in [-0.4, -0.2) is 13.0 Å². The highest BCUT2D eigenvalue weighted by Crippen LogP contribution is 2.20. The fourth-order valence-corrected chi connectivity index (χ4v) is 1.19. The number of alkyl halides is 1. The van der Waals surface area contributed by atoms with E-state index in [0.717, 1.165) is 11.3 Å². The summed E-state index contributed by atoms with van der Waals surface area (Å²) in [5, 5.41) is 0.632. The first-order valence-electron chi connectivity index (χ1n) is 4.16. The van der Waals surface area contributed by atoms with Crippen molar-refractivity contribution in [3.8, 4) is 17.6 Å². The van der Waals surface area contributed by atoms with E-state index in [1.165, 1.54) is 0 Å². The molecule has 0 unspecified atom stereocenters. The van der Waals surface area contributed by atoms with Crippen molar-refractivity contribution in [1.82, 2.24) is 0 Å². The predicted octanol–water partition coefficient (Wildman–Crippen LogP) is 3.33. The van der Waals surface area contributed by atoms with Crippen molar-refractivity contribution in [1.29, 1.82) is 0 Å². The zero-order valence-corrected chi connectivity index (χ0v) is 9.32. The first kappa shape index (κ1) is 11.2. The molecule has 0 fully saturated rings. The molecule has 0 saturated carbocycles. The van der Waals surface area contributed by atoms with Crippen molar-refractivity contribution in [2.45, 2.75) is 6.42 Å². The third-order valence-electron chi connectivity index (χ3n) is 1.62. The Hall–Kier alpha value is -0.840.